The quantitative estimate of drug-likeness (QED) is 0.269. The van der Waals surface area contributed by atoms with E-state index >= 15 is 0 Å². The maximum atomic E-state index is 14.5. The Morgan fingerprint density at radius 3 is 2.00 bits per heavy atom. The monoisotopic (exact) mass is 538 g/mol. The number of methoxy groups -OCH3 is 1. The van der Waals surface area contributed by atoms with Crippen LogP contribution in [0.25, 0.3) is 0 Å². The number of thioether (sulfide) groups is 1. The number of hydrogen-bond donors (Lipinski definition) is 1. The summed E-state index contributed by atoms with van der Waals surface area (Å²) in [6, 6.07) is 2.03. The van der Waals surface area contributed by atoms with E-state index in [1.165, 1.54) is 0 Å². The van der Waals surface area contributed by atoms with Crippen molar-refractivity contribution >= 4 is 29.4 Å². The molecule has 0 radical (unpaired) electrons. The zero-order chi connectivity index (χ0) is 26.8. The number of rotatable bonds is 7. The fourth-order valence-electron chi connectivity index (χ4n) is 2.46. The third-order valence-electron chi connectivity index (χ3n) is 4.09. The van der Waals surface area contributed by atoms with Gasteiger partial charge in [-0.25, -0.2) is 18.0 Å². The molecule has 0 fully saturated rings. The summed E-state index contributed by atoms with van der Waals surface area (Å²) in [5.74, 6) is -12.3. The first kappa shape index (κ1) is 28.2. The van der Waals surface area contributed by atoms with Crippen molar-refractivity contribution in [2.45, 2.75) is 22.2 Å². The Morgan fingerprint density at radius 1 is 0.943 bits per heavy atom. The lowest BCUT2D eigenvalue weighted by Crippen LogP contribution is -2.49. The minimum atomic E-state index is -6.60. The molecule has 0 aliphatic heterocycles. The molecule has 16 heteroatoms. The molecule has 0 aliphatic carbocycles. The molecule has 35 heavy (non-hydrogen) atoms. The maximum Gasteiger partial charge on any atom is 0.460 e. The number of ether oxygens (including phenoxy) is 1. The van der Waals surface area contributed by atoms with Gasteiger partial charge in [0.2, 0.25) is 0 Å². The van der Waals surface area contributed by atoms with E-state index in [9.17, 15) is 53.5 Å². The Balaban J connectivity index is 2.30. The molecule has 192 valence electrons. The molecule has 0 spiro atoms. The zero-order valence-corrected chi connectivity index (χ0v) is 17.8. The second kappa shape index (κ2) is 10.3. The molecule has 1 N–H and O–H groups in total. The highest BCUT2D eigenvalue weighted by Gasteiger charge is 2.73. The standard InChI is InChI=1S/C19H12F10N2O3S/c1-34-8-31(16(33)30-15(32)14-10(20)3-2-4-11(14)21)13-6-5-9(7-12(13)22)35-19(28,29)17(23,24)18(25,26)27/h2-7H,8H2,1H3,(H,30,32,33). The van der Waals surface area contributed by atoms with Crippen molar-refractivity contribution < 1.29 is 58.2 Å². The topological polar surface area (TPSA) is 58.6 Å². The number of benzene rings is 2. The summed E-state index contributed by atoms with van der Waals surface area (Å²) in [6.07, 6.45) is -6.60. The molecule has 0 unspecified atom stereocenters. The van der Waals surface area contributed by atoms with Gasteiger partial charge < -0.3 is 4.74 Å². The number of carbonyl (C=O) groups excluding carboxylic acids is 2. The van der Waals surface area contributed by atoms with Crippen molar-refractivity contribution in [2.24, 2.45) is 0 Å². The van der Waals surface area contributed by atoms with Crippen LogP contribution in [0.2, 0.25) is 0 Å². The Morgan fingerprint density at radius 2 is 1.51 bits per heavy atom. The molecule has 0 saturated carbocycles. The number of halogens is 10. The van der Waals surface area contributed by atoms with Gasteiger partial charge in [-0.05, 0) is 42.1 Å². The van der Waals surface area contributed by atoms with Gasteiger partial charge in [0.1, 0.15) is 29.7 Å². The summed E-state index contributed by atoms with van der Waals surface area (Å²) in [6.45, 7) is -0.815. The van der Waals surface area contributed by atoms with Crippen LogP contribution < -0.4 is 10.2 Å². The predicted octanol–water partition coefficient (Wildman–Crippen LogP) is 5.95. The number of alkyl halides is 7. The average Bonchev–Trinajstić information content (AvgIpc) is 2.71. The molecule has 2 aromatic carbocycles. The second-order valence-electron chi connectivity index (χ2n) is 6.51. The smallest absolute Gasteiger partial charge is 0.364 e. The van der Waals surface area contributed by atoms with Crippen molar-refractivity contribution in [3.63, 3.8) is 0 Å². The third kappa shape index (κ3) is 5.98. The lowest BCUT2D eigenvalue weighted by Gasteiger charge is -2.27. The van der Waals surface area contributed by atoms with Gasteiger partial charge in [0, 0.05) is 12.0 Å². The van der Waals surface area contributed by atoms with Crippen LogP contribution in [-0.2, 0) is 4.74 Å². The first-order valence-corrected chi connectivity index (χ1v) is 9.72. The van der Waals surface area contributed by atoms with E-state index in [1.807, 2.05) is 0 Å². The molecule has 0 aromatic heterocycles. The summed E-state index contributed by atoms with van der Waals surface area (Å²) >= 11 is -1.28. The average molecular weight is 538 g/mol. The van der Waals surface area contributed by atoms with Gasteiger partial charge >= 0.3 is 23.4 Å². The summed E-state index contributed by atoms with van der Waals surface area (Å²) in [7, 11) is 1.00. The van der Waals surface area contributed by atoms with Crippen LogP contribution in [0.3, 0.4) is 0 Å². The molecule has 0 saturated heterocycles. The number of nitrogens with one attached hydrogen (secondary N) is 1. The number of nitrogens with zero attached hydrogens (tertiary/aromatic N) is 1. The van der Waals surface area contributed by atoms with Crippen LogP contribution in [0, 0.1) is 17.5 Å². The number of hydrogen-bond acceptors (Lipinski definition) is 4. The highest BCUT2D eigenvalue weighted by atomic mass is 32.2. The highest BCUT2D eigenvalue weighted by molar-refractivity contribution is 8.00. The predicted molar refractivity (Wildman–Crippen MR) is 102 cm³/mol. The van der Waals surface area contributed by atoms with Crippen molar-refractivity contribution in [3.8, 4) is 0 Å². The van der Waals surface area contributed by atoms with E-state index in [0.717, 1.165) is 13.2 Å². The zero-order valence-electron chi connectivity index (χ0n) is 17.0. The largest absolute Gasteiger partial charge is 0.460 e. The minimum absolute atomic E-state index is 0.134. The summed E-state index contributed by atoms with van der Waals surface area (Å²) < 4.78 is 137. The van der Waals surface area contributed by atoms with Gasteiger partial charge in [-0.3, -0.25) is 15.0 Å². The first-order chi connectivity index (χ1) is 16.0. The van der Waals surface area contributed by atoms with Crippen LogP contribution in [0.4, 0.5) is 54.4 Å². The number of carbonyl (C=O) groups is 2. The van der Waals surface area contributed by atoms with Crippen LogP contribution in [-0.4, -0.2) is 43.1 Å². The van der Waals surface area contributed by atoms with Crippen molar-refractivity contribution in [1.82, 2.24) is 5.32 Å². The summed E-state index contributed by atoms with van der Waals surface area (Å²) in [4.78, 5) is 23.7. The van der Waals surface area contributed by atoms with E-state index < -0.39 is 81.4 Å². The third-order valence-corrected chi connectivity index (χ3v) is 5.09. The van der Waals surface area contributed by atoms with Crippen LogP contribution in [0.15, 0.2) is 41.3 Å². The number of urea groups is 1. The number of anilines is 1. The van der Waals surface area contributed by atoms with Crippen LogP contribution >= 0.6 is 11.8 Å². The maximum absolute atomic E-state index is 14.5. The van der Waals surface area contributed by atoms with Gasteiger partial charge in [-0.1, -0.05) is 6.07 Å². The van der Waals surface area contributed by atoms with Crippen LogP contribution in [0.5, 0.6) is 0 Å². The molecule has 0 aliphatic rings. The fraction of sp³-hybridized carbons (Fsp3) is 0.263. The minimum Gasteiger partial charge on any atom is -0.364 e. The van der Waals surface area contributed by atoms with Gasteiger partial charge in [0.15, 0.2) is 0 Å². The van der Waals surface area contributed by atoms with Gasteiger partial charge in [0.05, 0.1) is 5.69 Å². The molecule has 2 aromatic rings. The Labute approximate surface area is 194 Å². The molecular weight excluding hydrogens is 526 g/mol. The lowest BCUT2D eigenvalue weighted by atomic mass is 10.2. The van der Waals surface area contributed by atoms with E-state index in [-0.39, 0.29) is 6.07 Å². The fourth-order valence-corrected chi connectivity index (χ4v) is 3.29. The normalized spacial score (nSPS) is 12.4. The summed E-state index contributed by atoms with van der Waals surface area (Å²) in [5.41, 5.74) is -1.96. The molecule has 2 rings (SSSR count). The molecule has 0 heterocycles. The molecule has 3 amide bonds. The molecule has 0 atom stereocenters. The number of imide groups is 1. The van der Waals surface area contributed by atoms with E-state index in [2.05, 4.69) is 4.74 Å². The summed E-state index contributed by atoms with van der Waals surface area (Å²) in [5, 5.41) is -4.17. The lowest BCUT2D eigenvalue weighted by molar-refractivity contribution is -0.330. The van der Waals surface area contributed by atoms with Gasteiger partial charge in [-0.15, -0.1) is 0 Å². The van der Waals surface area contributed by atoms with E-state index in [4.69, 9.17) is 0 Å². The van der Waals surface area contributed by atoms with Crippen LogP contribution in [0.1, 0.15) is 10.4 Å². The SMILES string of the molecule is COCN(C(=O)NC(=O)c1c(F)cccc1F)c1ccc(SC(F)(F)C(F)(F)C(F)(F)F)cc1F. The Kier molecular flexibility index (Phi) is 8.32. The molecule has 5 nitrogen and oxygen atoms in total. The molecule has 0 bridgehead atoms. The van der Waals surface area contributed by atoms with Crippen molar-refractivity contribution in [2.75, 3.05) is 18.7 Å². The molecular formula is C19H12F10N2O3S. The van der Waals surface area contributed by atoms with Gasteiger partial charge in [-0.2, -0.15) is 30.7 Å². The van der Waals surface area contributed by atoms with Crippen molar-refractivity contribution in [3.05, 3.63) is 59.4 Å². The van der Waals surface area contributed by atoms with Crippen molar-refractivity contribution in [1.29, 1.82) is 0 Å². The van der Waals surface area contributed by atoms with E-state index in [1.54, 1.807) is 5.32 Å². The number of amides is 3. The first-order valence-electron chi connectivity index (χ1n) is 8.90. The second-order valence-corrected chi connectivity index (χ2v) is 7.69. The Hall–Kier alpha value is -3.01. The highest BCUT2D eigenvalue weighted by Crippen LogP contribution is 2.54. The van der Waals surface area contributed by atoms with Gasteiger partial charge in [0.25, 0.3) is 5.91 Å². The van der Waals surface area contributed by atoms with E-state index in [0.29, 0.717) is 29.2 Å². The Bertz CT molecular complexity index is 1090.